The topological polar surface area (TPSA) is 63.4 Å². The zero-order valence-corrected chi connectivity index (χ0v) is 18.6. The third kappa shape index (κ3) is 5.07. The van der Waals surface area contributed by atoms with Gasteiger partial charge in [0.1, 0.15) is 17.2 Å². The second-order valence-electron chi connectivity index (χ2n) is 7.33. The second-order valence-corrected chi connectivity index (χ2v) is 7.33. The van der Waals surface area contributed by atoms with Gasteiger partial charge in [-0.25, -0.2) is 18.8 Å². The Balaban J connectivity index is 0.00000141. The Labute approximate surface area is 186 Å². The van der Waals surface area contributed by atoms with Crippen molar-refractivity contribution in [2.24, 2.45) is 5.10 Å². The van der Waals surface area contributed by atoms with E-state index in [4.69, 9.17) is 0 Å². The Hall–Kier alpha value is -3.42. The Kier molecular flexibility index (Phi) is 7.45. The lowest BCUT2D eigenvalue weighted by molar-refractivity contribution is -0.129. The molecule has 1 unspecified atom stereocenters. The lowest BCUT2D eigenvalue weighted by atomic mass is 10.0. The third-order valence-corrected chi connectivity index (χ3v) is 5.10. The van der Waals surface area contributed by atoms with Gasteiger partial charge in [0.15, 0.2) is 0 Å². The Bertz CT molecular complexity index is 1130. The molecule has 1 aliphatic heterocycles. The number of carbonyl (C=O) groups excluding carboxylic acids is 1. The summed E-state index contributed by atoms with van der Waals surface area (Å²) in [5.74, 6) is -1.71. The molecule has 1 atom stereocenters. The van der Waals surface area contributed by atoms with Crippen LogP contribution in [0.5, 0.6) is 0 Å². The highest BCUT2D eigenvalue weighted by atomic mass is 19.1. The van der Waals surface area contributed by atoms with Gasteiger partial charge in [-0.3, -0.25) is 9.48 Å². The summed E-state index contributed by atoms with van der Waals surface area (Å²) < 4.78 is 29.0. The van der Waals surface area contributed by atoms with Crippen molar-refractivity contribution in [3.8, 4) is 0 Å². The molecule has 32 heavy (non-hydrogen) atoms. The molecule has 3 aromatic rings. The molecular formula is C24H27F2N5O. The minimum atomic E-state index is -0.681. The fourth-order valence-electron chi connectivity index (χ4n) is 3.61. The summed E-state index contributed by atoms with van der Waals surface area (Å²) in [6, 6.07) is 6.63. The lowest BCUT2D eigenvalue weighted by Gasteiger charge is -2.23. The standard InChI is InChI=1S/C22H21F2N5O.C2H6/c1-14(4-3-9-28-21-6-5-15(2)27-19(21)13-26-28)22(30)29-20(7-8-25-29)16-10-17(23)12-18(24)11-16;1-2/h5-6,8,10-13,20H,1,3-4,7,9H2,2H3;1-2H3. The number of carbonyl (C=O) groups is 1. The Morgan fingerprint density at radius 1 is 1.19 bits per heavy atom. The predicted molar refractivity (Wildman–Crippen MR) is 121 cm³/mol. The monoisotopic (exact) mass is 439 g/mol. The molecule has 1 aliphatic rings. The van der Waals surface area contributed by atoms with Gasteiger partial charge in [-0.2, -0.15) is 10.2 Å². The number of nitrogens with zero attached hydrogens (tertiary/aromatic N) is 5. The van der Waals surface area contributed by atoms with Gasteiger partial charge < -0.3 is 0 Å². The van der Waals surface area contributed by atoms with Crippen LogP contribution in [0.4, 0.5) is 8.78 Å². The van der Waals surface area contributed by atoms with E-state index in [1.165, 1.54) is 17.1 Å². The quantitative estimate of drug-likeness (QED) is 0.487. The maximum absolute atomic E-state index is 13.6. The van der Waals surface area contributed by atoms with Crippen molar-refractivity contribution in [3.05, 3.63) is 71.6 Å². The summed E-state index contributed by atoms with van der Waals surface area (Å²) in [6.07, 6.45) is 4.81. The van der Waals surface area contributed by atoms with Crippen molar-refractivity contribution in [2.45, 2.75) is 52.6 Å². The van der Waals surface area contributed by atoms with E-state index in [9.17, 15) is 13.6 Å². The lowest BCUT2D eigenvalue weighted by Crippen LogP contribution is -2.28. The molecule has 0 aliphatic carbocycles. The first-order valence-electron chi connectivity index (χ1n) is 10.7. The number of hydrazone groups is 1. The predicted octanol–water partition coefficient (Wildman–Crippen LogP) is 5.34. The second kappa shape index (κ2) is 10.3. The van der Waals surface area contributed by atoms with Gasteiger partial charge in [0.25, 0.3) is 5.91 Å². The highest BCUT2D eigenvalue weighted by molar-refractivity contribution is 5.94. The van der Waals surface area contributed by atoms with Gasteiger partial charge in [0.05, 0.1) is 17.8 Å². The molecule has 168 valence electrons. The molecule has 0 spiro atoms. The molecule has 0 bridgehead atoms. The van der Waals surface area contributed by atoms with E-state index < -0.39 is 17.7 Å². The summed E-state index contributed by atoms with van der Waals surface area (Å²) in [5.41, 5.74) is 3.47. The molecule has 3 heterocycles. The van der Waals surface area contributed by atoms with Crippen LogP contribution in [0.25, 0.3) is 11.0 Å². The van der Waals surface area contributed by atoms with Crippen LogP contribution in [0, 0.1) is 18.6 Å². The average molecular weight is 440 g/mol. The minimum absolute atomic E-state index is 0.346. The zero-order chi connectivity index (χ0) is 23.3. The van der Waals surface area contributed by atoms with Crippen molar-refractivity contribution in [1.29, 1.82) is 0 Å². The van der Waals surface area contributed by atoms with E-state index in [0.717, 1.165) is 22.8 Å². The molecule has 4 rings (SSSR count). The molecule has 6 nitrogen and oxygen atoms in total. The van der Waals surface area contributed by atoms with Crippen LogP contribution in [-0.4, -0.2) is 31.9 Å². The number of aromatic nitrogens is 3. The van der Waals surface area contributed by atoms with Crippen molar-refractivity contribution < 1.29 is 13.6 Å². The molecule has 0 radical (unpaired) electrons. The SMILES string of the molecule is C=C(CCCn1ncc2nc(C)ccc21)C(=O)N1N=CCC1c1cc(F)cc(F)c1.CC. The van der Waals surface area contributed by atoms with Crippen LogP contribution in [-0.2, 0) is 11.3 Å². The van der Waals surface area contributed by atoms with Gasteiger partial charge >= 0.3 is 0 Å². The summed E-state index contributed by atoms with van der Waals surface area (Å²) in [7, 11) is 0. The largest absolute Gasteiger partial charge is 0.269 e. The number of fused-ring (bicyclic) bond motifs is 1. The van der Waals surface area contributed by atoms with E-state index in [1.807, 2.05) is 37.6 Å². The number of hydrogen-bond donors (Lipinski definition) is 0. The van der Waals surface area contributed by atoms with Crippen LogP contribution >= 0.6 is 0 Å². The van der Waals surface area contributed by atoms with Gasteiger partial charge in [-0.1, -0.05) is 20.4 Å². The molecule has 2 aromatic heterocycles. The number of hydrogen-bond acceptors (Lipinski definition) is 4. The fraction of sp³-hybridized carbons (Fsp3) is 0.333. The third-order valence-electron chi connectivity index (χ3n) is 5.10. The van der Waals surface area contributed by atoms with Crippen molar-refractivity contribution in [3.63, 3.8) is 0 Å². The summed E-state index contributed by atoms with van der Waals surface area (Å²) >= 11 is 0. The number of amides is 1. The Morgan fingerprint density at radius 3 is 2.62 bits per heavy atom. The van der Waals surface area contributed by atoms with Crippen molar-refractivity contribution >= 4 is 23.2 Å². The van der Waals surface area contributed by atoms with Crippen molar-refractivity contribution in [2.75, 3.05) is 0 Å². The normalized spacial score (nSPS) is 15.0. The van der Waals surface area contributed by atoms with Gasteiger partial charge in [-0.15, -0.1) is 0 Å². The minimum Gasteiger partial charge on any atom is -0.268 e. The molecule has 0 fully saturated rings. The first-order valence-corrected chi connectivity index (χ1v) is 10.7. The highest BCUT2D eigenvalue weighted by Gasteiger charge is 2.30. The van der Waals surface area contributed by atoms with E-state index >= 15 is 0 Å². The summed E-state index contributed by atoms with van der Waals surface area (Å²) in [4.78, 5) is 17.3. The van der Waals surface area contributed by atoms with Gasteiger partial charge in [0, 0.05) is 36.5 Å². The van der Waals surface area contributed by atoms with Gasteiger partial charge in [-0.05, 0) is 49.6 Å². The summed E-state index contributed by atoms with van der Waals surface area (Å²) in [5, 5.41) is 9.72. The molecule has 0 saturated heterocycles. The van der Waals surface area contributed by atoms with Crippen LogP contribution in [0.2, 0.25) is 0 Å². The molecule has 0 N–H and O–H groups in total. The van der Waals surface area contributed by atoms with Crippen LogP contribution < -0.4 is 0 Å². The molecule has 0 saturated carbocycles. The van der Waals surface area contributed by atoms with Crippen molar-refractivity contribution in [1.82, 2.24) is 19.8 Å². The smallest absolute Gasteiger partial charge is 0.268 e. The summed E-state index contributed by atoms with van der Waals surface area (Å²) in [6.45, 7) is 10.4. The van der Waals surface area contributed by atoms with Crippen LogP contribution in [0.3, 0.4) is 0 Å². The van der Waals surface area contributed by atoms with E-state index in [2.05, 4.69) is 21.8 Å². The first-order chi connectivity index (χ1) is 15.4. The van der Waals surface area contributed by atoms with E-state index in [1.54, 1.807) is 12.4 Å². The number of halogens is 2. The molecule has 8 heteroatoms. The highest BCUT2D eigenvalue weighted by Crippen LogP contribution is 2.30. The molecule has 1 amide bonds. The number of rotatable bonds is 6. The molecular weight excluding hydrogens is 412 g/mol. The van der Waals surface area contributed by atoms with Gasteiger partial charge in [0.2, 0.25) is 0 Å². The zero-order valence-electron chi connectivity index (χ0n) is 18.6. The maximum Gasteiger partial charge on any atom is 0.269 e. The van der Waals surface area contributed by atoms with Crippen LogP contribution in [0.15, 0.2) is 53.8 Å². The Morgan fingerprint density at radius 2 is 1.91 bits per heavy atom. The van der Waals surface area contributed by atoms with E-state index in [-0.39, 0.29) is 5.91 Å². The maximum atomic E-state index is 13.6. The number of pyridine rings is 1. The van der Waals surface area contributed by atoms with E-state index in [0.29, 0.717) is 36.9 Å². The number of aryl methyl sites for hydroxylation is 2. The molecule has 1 aromatic carbocycles. The first kappa shape index (κ1) is 23.2. The van der Waals surface area contributed by atoms with Crippen LogP contribution in [0.1, 0.15) is 50.4 Å². The average Bonchev–Trinajstić information content (AvgIpc) is 3.41. The number of benzene rings is 1. The fourth-order valence-corrected chi connectivity index (χ4v) is 3.61.